The minimum Gasteiger partial charge on any atom is -0.493 e. The van der Waals surface area contributed by atoms with Crippen LogP contribution in [0.2, 0.25) is 0 Å². The van der Waals surface area contributed by atoms with E-state index in [9.17, 15) is 4.79 Å². The van der Waals surface area contributed by atoms with Crippen molar-refractivity contribution in [2.75, 3.05) is 13.7 Å². The lowest BCUT2D eigenvalue weighted by Crippen LogP contribution is -2.15. The molecule has 0 radical (unpaired) electrons. The Morgan fingerprint density at radius 1 is 0.968 bits per heavy atom. The van der Waals surface area contributed by atoms with E-state index in [-0.39, 0.29) is 5.41 Å². The van der Waals surface area contributed by atoms with Crippen molar-refractivity contribution in [1.29, 1.82) is 0 Å². The lowest BCUT2D eigenvalue weighted by molar-refractivity contribution is -0.129. The van der Waals surface area contributed by atoms with E-state index in [2.05, 4.69) is 33.8 Å². The summed E-state index contributed by atoms with van der Waals surface area (Å²) in [6.45, 7) is 11.2. The minimum atomic E-state index is -0.412. The number of hydrogen-bond donors (Lipinski definition) is 0. The lowest BCUT2D eigenvalue weighted by atomic mass is 9.85. The molecule has 0 atom stereocenters. The second kappa shape index (κ2) is 11.6. The van der Waals surface area contributed by atoms with E-state index < -0.39 is 5.97 Å². The van der Waals surface area contributed by atoms with Gasteiger partial charge in [-0.3, -0.25) is 0 Å². The summed E-state index contributed by atoms with van der Waals surface area (Å²) in [6, 6.07) is 11.5. The van der Waals surface area contributed by atoms with Crippen molar-refractivity contribution >= 4 is 12.0 Å². The van der Waals surface area contributed by atoms with Crippen LogP contribution in [-0.2, 0) is 10.2 Å². The summed E-state index contributed by atoms with van der Waals surface area (Å²) >= 11 is 0. The molecule has 0 spiro atoms. The first-order valence-corrected chi connectivity index (χ1v) is 11.1. The van der Waals surface area contributed by atoms with Crippen LogP contribution in [-0.4, -0.2) is 19.7 Å². The average Bonchev–Trinajstić information content (AvgIpc) is 2.73. The first kappa shape index (κ1) is 24.5. The van der Waals surface area contributed by atoms with Crippen LogP contribution in [0.4, 0.5) is 0 Å². The lowest BCUT2D eigenvalue weighted by Gasteiger charge is -2.22. The zero-order valence-corrected chi connectivity index (χ0v) is 19.8. The highest BCUT2D eigenvalue weighted by atomic mass is 16.5. The summed E-state index contributed by atoms with van der Waals surface area (Å²) in [6.07, 6.45) is 7.78. The maximum Gasteiger partial charge on any atom is 0.336 e. The van der Waals surface area contributed by atoms with Crippen molar-refractivity contribution in [3.8, 4) is 17.2 Å². The van der Waals surface area contributed by atoms with E-state index in [1.165, 1.54) is 25.3 Å². The Morgan fingerprint density at radius 3 is 2.39 bits per heavy atom. The van der Waals surface area contributed by atoms with Gasteiger partial charge < -0.3 is 14.2 Å². The highest BCUT2D eigenvalue weighted by Gasteiger charge is 2.20. The van der Waals surface area contributed by atoms with E-state index in [0.717, 1.165) is 23.1 Å². The Bertz CT molecular complexity index is 891. The molecule has 4 nitrogen and oxygen atoms in total. The quantitative estimate of drug-likeness (QED) is 0.180. The van der Waals surface area contributed by atoms with Crippen LogP contribution in [0.5, 0.6) is 17.2 Å². The van der Waals surface area contributed by atoms with Crippen molar-refractivity contribution in [3.63, 3.8) is 0 Å². The number of unbranched alkanes of at least 4 members (excludes halogenated alkanes) is 3. The molecule has 0 fully saturated rings. The van der Waals surface area contributed by atoms with Crippen LogP contribution in [0.25, 0.3) is 6.08 Å². The molecule has 0 saturated carbocycles. The molecule has 0 aliphatic heterocycles. The normalized spacial score (nSPS) is 11.5. The Balaban J connectivity index is 2.04. The standard InChI is InChI=1S/C27H36O4/c1-7-8-9-10-17-30-24-15-12-21(19-25(24)29-6)13-16-26(28)31-23-14-11-20(2)18-22(23)27(3,4)5/h11-16,18-19H,7-10,17H2,1-6H3/b16-13+. The van der Waals surface area contributed by atoms with Crippen molar-refractivity contribution in [2.45, 2.75) is 65.7 Å². The summed E-state index contributed by atoms with van der Waals surface area (Å²) in [7, 11) is 1.62. The number of ether oxygens (including phenoxy) is 3. The van der Waals surface area contributed by atoms with Crippen molar-refractivity contribution < 1.29 is 19.0 Å². The second-order valence-electron chi connectivity index (χ2n) is 8.82. The van der Waals surface area contributed by atoms with Gasteiger partial charge in [0, 0.05) is 11.6 Å². The summed E-state index contributed by atoms with van der Waals surface area (Å²) in [5.74, 6) is 1.55. The second-order valence-corrected chi connectivity index (χ2v) is 8.82. The number of hydrogen-bond acceptors (Lipinski definition) is 4. The van der Waals surface area contributed by atoms with Gasteiger partial charge in [0.1, 0.15) is 5.75 Å². The number of carbonyl (C=O) groups excluding carboxylic acids is 1. The largest absolute Gasteiger partial charge is 0.493 e. The molecule has 0 aromatic heterocycles. The Morgan fingerprint density at radius 2 is 1.71 bits per heavy atom. The maximum atomic E-state index is 12.4. The maximum absolute atomic E-state index is 12.4. The summed E-state index contributed by atoms with van der Waals surface area (Å²) in [4.78, 5) is 12.4. The van der Waals surface area contributed by atoms with Crippen LogP contribution in [0.1, 0.15) is 70.1 Å². The number of rotatable bonds is 10. The molecule has 0 saturated heterocycles. The number of carbonyl (C=O) groups is 1. The highest BCUT2D eigenvalue weighted by Crippen LogP contribution is 2.32. The first-order chi connectivity index (χ1) is 14.7. The molecule has 0 heterocycles. The third-order valence-electron chi connectivity index (χ3n) is 5.01. The van der Waals surface area contributed by atoms with Gasteiger partial charge in [0.05, 0.1) is 13.7 Å². The Labute approximate surface area is 187 Å². The molecule has 2 aromatic carbocycles. The fraction of sp³-hybridized carbons (Fsp3) is 0.444. The number of esters is 1. The van der Waals surface area contributed by atoms with Gasteiger partial charge >= 0.3 is 5.97 Å². The fourth-order valence-corrected chi connectivity index (χ4v) is 3.24. The van der Waals surface area contributed by atoms with Gasteiger partial charge in [-0.1, -0.05) is 70.7 Å². The minimum absolute atomic E-state index is 0.120. The predicted molar refractivity (Wildman–Crippen MR) is 127 cm³/mol. The average molecular weight is 425 g/mol. The molecular formula is C27H36O4. The molecule has 0 bridgehead atoms. The van der Waals surface area contributed by atoms with Crippen LogP contribution in [0, 0.1) is 6.92 Å². The van der Waals surface area contributed by atoms with Gasteiger partial charge in [-0.15, -0.1) is 0 Å². The summed E-state index contributed by atoms with van der Waals surface area (Å²) < 4.78 is 16.9. The molecule has 168 valence electrons. The van der Waals surface area contributed by atoms with Gasteiger partial charge in [-0.05, 0) is 48.6 Å². The van der Waals surface area contributed by atoms with Crippen LogP contribution >= 0.6 is 0 Å². The van der Waals surface area contributed by atoms with Gasteiger partial charge in [-0.2, -0.15) is 0 Å². The van der Waals surface area contributed by atoms with Gasteiger partial charge in [0.15, 0.2) is 11.5 Å². The van der Waals surface area contributed by atoms with E-state index in [0.29, 0.717) is 23.9 Å². The molecule has 0 amide bonds. The van der Waals surface area contributed by atoms with Crippen molar-refractivity contribution in [3.05, 3.63) is 59.2 Å². The van der Waals surface area contributed by atoms with Gasteiger partial charge in [-0.25, -0.2) is 4.79 Å². The molecule has 0 aliphatic carbocycles. The summed E-state index contributed by atoms with van der Waals surface area (Å²) in [5, 5.41) is 0. The van der Waals surface area contributed by atoms with Crippen LogP contribution < -0.4 is 14.2 Å². The molecular weight excluding hydrogens is 388 g/mol. The topological polar surface area (TPSA) is 44.8 Å². The molecule has 4 heteroatoms. The molecule has 2 aromatic rings. The van der Waals surface area contributed by atoms with Crippen LogP contribution in [0.15, 0.2) is 42.5 Å². The third-order valence-corrected chi connectivity index (χ3v) is 5.01. The fourth-order valence-electron chi connectivity index (χ4n) is 3.24. The SMILES string of the molecule is CCCCCCOc1ccc(/C=C/C(=O)Oc2ccc(C)cc2C(C)(C)C)cc1OC. The first-order valence-electron chi connectivity index (χ1n) is 11.1. The molecule has 0 aliphatic rings. The Kier molecular flexibility index (Phi) is 9.17. The number of aryl methyl sites for hydroxylation is 1. The van der Waals surface area contributed by atoms with Gasteiger partial charge in [0.25, 0.3) is 0 Å². The third kappa shape index (κ3) is 7.78. The van der Waals surface area contributed by atoms with E-state index >= 15 is 0 Å². The number of methoxy groups -OCH3 is 1. The van der Waals surface area contributed by atoms with E-state index in [1.54, 1.807) is 13.2 Å². The molecule has 0 unspecified atom stereocenters. The van der Waals surface area contributed by atoms with Gasteiger partial charge in [0.2, 0.25) is 0 Å². The van der Waals surface area contributed by atoms with E-state index in [1.807, 2.05) is 37.3 Å². The molecule has 0 N–H and O–H groups in total. The van der Waals surface area contributed by atoms with Crippen molar-refractivity contribution in [2.24, 2.45) is 0 Å². The van der Waals surface area contributed by atoms with Crippen molar-refractivity contribution in [1.82, 2.24) is 0 Å². The molecule has 2 rings (SSSR count). The van der Waals surface area contributed by atoms with E-state index in [4.69, 9.17) is 14.2 Å². The smallest absolute Gasteiger partial charge is 0.336 e. The number of benzene rings is 2. The summed E-state index contributed by atoms with van der Waals surface area (Å²) in [5.41, 5.74) is 2.87. The monoisotopic (exact) mass is 424 g/mol. The molecule has 31 heavy (non-hydrogen) atoms. The van der Waals surface area contributed by atoms with Crippen LogP contribution in [0.3, 0.4) is 0 Å². The zero-order chi connectivity index (χ0) is 22.9. The predicted octanol–water partition coefficient (Wildman–Crippen LogP) is 6.88. The highest BCUT2D eigenvalue weighted by molar-refractivity contribution is 5.89. The Hall–Kier alpha value is -2.75. The zero-order valence-electron chi connectivity index (χ0n) is 19.8.